The van der Waals surface area contributed by atoms with E-state index in [2.05, 4.69) is 13.0 Å². The van der Waals surface area contributed by atoms with Crippen LogP contribution in [0, 0.1) is 22.7 Å². The number of carbonyl (C=O) groups is 1. The fraction of sp³-hybridized carbons (Fsp3) is 0.833. The van der Waals surface area contributed by atoms with Crippen molar-refractivity contribution in [2.24, 2.45) is 11.3 Å². The number of nitriles is 1. The first-order valence-electron chi connectivity index (χ1n) is 5.89. The molecule has 0 spiro atoms. The van der Waals surface area contributed by atoms with Gasteiger partial charge in [0, 0.05) is 13.1 Å². The molecule has 16 heavy (non-hydrogen) atoms. The number of hydrogen-bond donors (Lipinski definition) is 0. The topological polar surface area (TPSA) is 53.3 Å². The molecule has 1 amide bonds. The highest BCUT2D eigenvalue weighted by Crippen LogP contribution is 2.46. The third kappa shape index (κ3) is 1.80. The number of ether oxygens (including phenoxy) is 1. The first-order chi connectivity index (χ1) is 7.57. The fourth-order valence-corrected chi connectivity index (χ4v) is 2.75. The van der Waals surface area contributed by atoms with Gasteiger partial charge >= 0.3 is 0 Å². The minimum atomic E-state index is -0.726. The summed E-state index contributed by atoms with van der Waals surface area (Å²) in [5.41, 5.74) is -0.726. The Morgan fingerprint density at radius 3 is 2.69 bits per heavy atom. The lowest BCUT2D eigenvalue weighted by Gasteiger charge is -2.44. The number of nitrogens with zero attached hydrogens (tertiary/aromatic N) is 2. The summed E-state index contributed by atoms with van der Waals surface area (Å²) in [4.78, 5) is 14.1. The van der Waals surface area contributed by atoms with Crippen LogP contribution >= 0.6 is 0 Å². The van der Waals surface area contributed by atoms with E-state index in [1.165, 1.54) is 0 Å². The predicted molar refractivity (Wildman–Crippen MR) is 58.4 cm³/mol. The molecule has 0 aromatic rings. The fourth-order valence-electron chi connectivity index (χ4n) is 2.75. The molecular weight excluding hydrogens is 204 g/mol. The molecule has 2 rings (SSSR count). The maximum absolute atomic E-state index is 12.3. The molecule has 0 radical (unpaired) electrons. The van der Waals surface area contributed by atoms with Crippen LogP contribution in [-0.4, -0.2) is 36.6 Å². The molecule has 4 nitrogen and oxygen atoms in total. The Morgan fingerprint density at radius 1 is 1.50 bits per heavy atom. The van der Waals surface area contributed by atoms with Gasteiger partial charge in [0.05, 0.1) is 18.8 Å². The molecule has 0 aromatic heterocycles. The standard InChI is InChI=1S/C12H18N2O2/c1-9-5-12(6-9,8-13)11(15)14-3-4-16-10(2)7-14/h9-10H,3-7H2,1-2H3. The van der Waals surface area contributed by atoms with E-state index in [0.29, 0.717) is 38.5 Å². The van der Waals surface area contributed by atoms with Crippen molar-refractivity contribution < 1.29 is 9.53 Å². The van der Waals surface area contributed by atoms with Gasteiger partial charge in [-0.05, 0) is 25.7 Å². The summed E-state index contributed by atoms with van der Waals surface area (Å²) in [6.45, 7) is 5.88. The molecule has 1 atom stereocenters. The maximum atomic E-state index is 12.3. The van der Waals surface area contributed by atoms with Crippen molar-refractivity contribution in [2.75, 3.05) is 19.7 Å². The summed E-state index contributed by atoms with van der Waals surface area (Å²) in [5.74, 6) is 0.519. The monoisotopic (exact) mass is 222 g/mol. The molecule has 1 aliphatic carbocycles. The van der Waals surface area contributed by atoms with Crippen molar-refractivity contribution in [2.45, 2.75) is 32.8 Å². The Bertz CT molecular complexity index is 328. The summed E-state index contributed by atoms with van der Waals surface area (Å²) in [5, 5.41) is 9.19. The van der Waals surface area contributed by atoms with Crippen LogP contribution in [0.4, 0.5) is 0 Å². The van der Waals surface area contributed by atoms with Gasteiger partial charge in [0.2, 0.25) is 5.91 Å². The van der Waals surface area contributed by atoms with Crippen LogP contribution in [0.5, 0.6) is 0 Å². The largest absolute Gasteiger partial charge is 0.375 e. The van der Waals surface area contributed by atoms with Crippen LogP contribution in [0.15, 0.2) is 0 Å². The Morgan fingerprint density at radius 2 is 2.19 bits per heavy atom. The van der Waals surface area contributed by atoms with Crippen LogP contribution < -0.4 is 0 Å². The number of morpholine rings is 1. The summed E-state index contributed by atoms with van der Waals surface area (Å²) in [6.07, 6.45) is 1.52. The second-order valence-corrected chi connectivity index (χ2v) is 5.14. The van der Waals surface area contributed by atoms with Gasteiger partial charge in [-0.15, -0.1) is 0 Å². The Labute approximate surface area is 96.2 Å². The summed E-state index contributed by atoms with van der Waals surface area (Å²) >= 11 is 0. The molecule has 2 fully saturated rings. The minimum Gasteiger partial charge on any atom is -0.375 e. The van der Waals surface area contributed by atoms with Crippen LogP contribution in [0.25, 0.3) is 0 Å². The van der Waals surface area contributed by atoms with Gasteiger partial charge in [-0.1, -0.05) is 6.92 Å². The highest BCUT2D eigenvalue weighted by atomic mass is 16.5. The molecule has 1 saturated carbocycles. The molecule has 1 saturated heterocycles. The summed E-state index contributed by atoms with van der Waals surface area (Å²) < 4.78 is 5.40. The van der Waals surface area contributed by atoms with Crippen molar-refractivity contribution >= 4 is 5.91 Å². The van der Waals surface area contributed by atoms with Crippen molar-refractivity contribution in [3.63, 3.8) is 0 Å². The molecule has 1 aliphatic heterocycles. The zero-order valence-corrected chi connectivity index (χ0v) is 9.90. The van der Waals surface area contributed by atoms with E-state index >= 15 is 0 Å². The van der Waals surface area contributed by atoms with Crippen LogP contribution in [0.1, 0.15) is 26.7 Å². The van der Waals surface area contributed by atoms with E-state index in [1.54, 1.807) is 4.90 Å². The number of hydrogen-bond acceptors (Lipinski definition) is 3. The first-order valence-corrected chi connectivity index (χ1v) is 5.89. The minimum absolute atomic E-state index is 0.0169. The smallest absolute Gasteiger partial charge is 0.243 e. The van der Waals surface area contributed by atoms with E-state index in [9.17, 15) is 10.1 Å². The van der Waals surface area contributed by atoms with Gasteiger partial charge in [-0.25, -0.2) is 0 Å². The van der Waals surface area contributed by atoms with Gasteiger partial charge in [-0.3, -0.25) is 4.79 Å². The SMILES string of the molecule is CC1CC(C#N)(C(=O)N2CCOC(C)C2)C1. The van der Waals surface area contributed by atoms with Gasteiger partial charge in [0.1, 0.15) is 5.41 Å². The van der Waals surface area contributed by atoms with Crippen molar-refractivity contribution in [1.82, 2.24) is 4.90 Å². The molecule has 0 N–H and O–H groups in total. The molecule has 0 aromatic carbocycles. The van der Waals surface area contributed by atoms with Crippen LogP contribution in [0.2, 0.25) is 0 Å². The molecule has 1 unspecified atom stereocenters. The normalized spacial score (nSPS) is 38.7. The molecule has 88 valence electrons. The van der Waals surface area contributed by atoms with Crippen molar-refractivity contribution in [3.05, 3.63) is 0 Å². The lowest BCUT2D eigenvalue weighted by atomic mass is 9.62. The third-order valence-corrected chi connectivity index (χ3v) is 3.55. The average Bonchev–Trinajstić information content (AvgIpc) is 2.23. The van der Waals surface area contributed by atoms with Crippen LogP contribution in [0.3, 0.4) is 0 Å². The zero-order chi connectivity index (χ0) is 11.8. The molecule has 2 aliphatic rings. The second kappa shape index (κ2) is 4.06. The molecule has 4 heteroatoms. The average molecular weight is 222 g/mol. The van der Waals surface area contributed by atoms with E-state index in [1.807, 2.05) is 6.92 Å². The van der Waals surface area contributed by atoms with Crippen molar-refractivity contribution in [1.29, 1.82) is 5.26 Å². The number of amides is 1. The second-order valence-electron chi connectivity index (χ2n) is 5.14. The molecular formula is C12H18N2O2. The Kier molecular flexibility index (Phi) is 2.90. The van der Waals surface area contributed by atoms with E-state index in [0.717, 1.165) is 0 Å². The quantitative estimate of drug-likeness (QED) is 0.669. The lowest BCUT2D eigenvalue weighted by molar-refractivity contribution is -0.152. The number of carbonyl (C=O) groups excluding carboxylic acids is 1. The molecule has 1 heterocycles. The van der Waals surface area contributed by atoms with E-state index in [4.69, 9.17) is 4.74 Å². The van der Waals surface area contributed by atoms with Gasteiger partial charge in [0.25, 0.3) is 0 Å². The first kappa shape index (κ1) is 11.4. The van der Waals surface area contributed by atoms with Gasteiger partial charge in [-0.2, -0.15) is 5.26 Å². The van der Waals surface area contributed by atoms with E-state index in [-0.39, 0.29) is 12.0 Å². The van der Waals surface area contributed by atoms with Gasteiger partial charge < -0.3 is 9.64 Å². The van der Waals surface area contributed by atoms with Gasteiger partial charge in [0.15, 0.2) is 0 Å². The zero-order valence-electron chi connectivity index (χ0n) is 9.90. The predicted octanol–water partition coefficient (Wildman–Crippen LogP) is 1.17. The highest BCUT2D eigenvalue weighted by Gasteiger charge is 2.51. The van der Waals surface area contributed by atoms with Crippen LogP contribution in [-0.2, 0) is 9.53 Å². The lowest BCUT2D eigenvalue weighted by Crippen LogP contribution is -2.54. The Hall–Kier alpha value is -1.08. The summed E-state index contributed by atoms with van der Waals surface area (Å²) in [7, 11) is 0. The molecule has 0 bridgehead atoms. The summed E-state index contributed by atoms with van der Waals surface area (Å²) in [6, 6.07) is 2.23. The maximum Gasteiger partial charge on any atom is 0.243 e. The van der Waals surface area contributed by atoms with E-state index < -0.39 is 5.41 Å². The number of rotatable bonds is 1. The highest BCUT2D eigenvalue weighted by molar-refractivity contribution is 5.86. The Balaban J connectivity index is 2.04. The van der Waals surface area contributed by atoms with Crippen molar-refractivity contribution in [3.8, 4) is 6.07 Å². The third-order valence-electron chi connectivity index (χ3n) is 3.55.